The van der Waals surface area contributed by atoms with E-state index in [0.29, 0.717) is 13.1 Å². The molecule has 114 valence electrons. The summed E-state index contributed by atoms with van der Waals surface area (Å²) in [5.41, 5.74) is 0.344. The molecule has 0 aromatic carbocycles. The van der Waals surface area contributed by atoms with E-state index in [1.54, 1.807) is 0 Å². The summed E-state index contributed by atoms with van der Waals surface area (Å²) in [5, 5.41) is 22.9. The molecule has 0 aromatic rings. The largest absolute Gasteiger partial charge is 0.389 e. The van der Waals surface area contributed by atoms with E-state index in [-0.39, 0.29) is 11.0 Å². The van der Waals surface area contributed by atoms with Gasteiger partial charge in [0, 0.05) is 31.7 Å². The van der Waals surface area contributed by atoms with Crippen LogP contribution in [0.1, 0.15) is 47.5 Å². The van der Waals surface area contributed by atoms with Gasteiger partial charge in [-0.2, -0.15) is 0 Å². The first kappa shape index (κ1) is 16.9. The van der Waals surface area contributed by atoms with Crippen molar-refractivity contribution >= 4 is 0 Å². The maximum Gasteiger partial charge on any atom is 0.0938 e. The number of rotatable bonds is 6. The molecule has 1 aliphatic rings. The molecular formula is C15H32N2O2. The lowest BCUT2D eigenvalue weighted by atomic mass is 9.81. The van der Waals surface area contributed by atoms with Gasteiger partial charge in [0.05, 0.1) is 12.2 Å². The van der Waals surface area contributed by atoms with Gasteiger partial charge in [0.2, 0.25) is 0 Å². The minimum atomic E-state index is -0.581. The molecule has 1 heterocycles. The van der Waals surface area contributed by atoms with E-state index in [0.717, 1.165) is 25.9 Å². The number of aliphatic hydroxyl groups is 2. The lowest BCUT2D eigenvalue weighted by Gasteiger charge is -2.38. The molecule has 0 radical (unpaired) electrons. The first-order chi connectivity index (χ1) is 8.71. The Morgan fingerprint density at radius 2 is 1.53 bits per heavy atom. The fourth-order valence-electron chi connectivity index (χ4n) is 2.68. The second kappa shape index (κ2) is 6.53. The van der Waals surface area contributed by atoms with Gasteiger partial charge in [-0.25, -0.2) is 0 Å². The zero-order valence-corrected chi connectivity index (χ0v) is 13.2. The summed E-state index contributed by atoms with van der Waals surface area (Å²) < 4.78 is 0. The quantitative estimate of drug-likeness (QED) is 0.680. The van der Waals surface area contributed by atoms with Crippen LogP contribution in [-0.4, -0.2) is 59.0 Å². The molecule has 4 heteroatoms. The predicted molar refractivity (Wildman–Crippen MR) is 79.2 cm³/mol. The van der Waals surface area contributed by atoms with Crippen LogP contribution in [0.4, 0.5) is 0 Å². The highest BCUT2D eigenvalue weighted by molar-refractivity contribution is 4.90. The standard InChI is InChI=1S/C15H32N2O2/c1-6-15(7-2,10-16-14(3,4)5)11-17-8-12(18)13(19)9-17/h12-13,16,18-19H,6-11H2,1-5H3. The molecule has 1 rings (SSSR count). The third-order valence-electron chi connectivity index (χ3n) is 4.39. The normalized spacial score (nSPS) is 26.1. The van der Waals surface area contributed by atoms with E-state index in [2.05, 4.69) is 44.8 Å². The summed E-state index contributed by atoms with van der Waals surface area (Å²) >= 11 is 0. The highest BCUT2D eigenvalue weighted by Gasteiger charge is 2.36. The molecule has 0 aliphatic carbocycles. The molecular weight excluding hydrogens is 240 g/mol. The van der Waals surface area contributed by atoms with E-state index in [9.17, 15) is 10.2 Å². The smallest absolute Gasteiger partial charge is 0.0938 e. The minimum absolute atomic E-state index is 0.125. The second-order valence-corrected chi connectivity index (χ2v) is 7.14. The van der Waals surface area contributed by atoms with Crippen LogP contribution in [-0.2, 0) is 0 Å². The summed E-state index contributed by atoms with van der Waals surface area (Å²) in [4.78, 5) is 2.20. The van der Waals surface area contributed by atoms with E-state index >= 15 is 0 Å². The number of nitrogens with zero attached hydrogens (tertiary/aromatic N) is 1. The van der Waals surface area contributed by atoms with E-state index in [1.807, 2.05) is 0 Å². The summed E-state index contributed by atoms with van der Waals surface area (Å²) in [6.45, 7) is 14.1. The van der Waals surface area contributed by atoms with Crippen molar-refractivity contribution in [3.63, 3.8) is 0 Å². The van der Waals surface area contributed by atoms with E-state index in [4.69, 9.17) is 0 Å². The van der Waals surface area contributed by atoms with Crippen LogP contribution in [0.2, 0.25) is 0 Å². The average Bonchev–Trinajstić information content (AvgIpc) is 2.63. The molecule has 19 heavy (non-hydrogen) atoms. The minimum Gasteiger partial charge on any atom is -0.389 e. The van der Waals surface area contributed by atoms with Crippen molar-refractivity contribution < 1.29 is 10.2 Å². The molecule has 0 aromatic heterocycles. The molecule has 4 nitrogen and oxygen atoms in total. The highest BCUT2D eigenvalue weighted by atomic mass is 16.3. The lowest BCUT2D eigenvalue weighted by Crippen LogP contribution is -2.48. The maximum absolute atomic E-state index is 9.66. The van der Waals surface area contributed by atoms with Gasteiger partial charge >= 0.3 is 0 Å². The third kappa shape index (κ3) is 5.03. The van der Waals surface area contributed by atoms with Crippen molar-refractivity contribution in [3.05, 3.63) is 0 Å². The summed E-state index contributed by atoms with van der Waals surface area (Å²) in [6.07, 6.45) is 1.05. The van der Waals surface area contributed by atoms with Crippen molar-refractivity contribution in [2.75, 3.05) is 26.2 Å². The number of β-amino-alcohol motifs (C(OH)–C–C–N with tert-alkyl or cyclic N) is 2. The van der Waals surface area contributed by atoms with Crippen molar-refractivity contribution in [3.8, 4) is 0 Å². The van der Waals surface area contributed by atoms with Gasteiger partial charge < -0.3 is 15.5 Å². The Hall–Kier alpha value is -0.160. The van der Waals surface area contributed by atoms with Crippen LogP contribution in [0, 0.1) is 5.41 Å². The van der Waals surface area contributed by atoms with E-state index < -0.39 is 12.2 Å². The topological polar surface area (TPSA) is 55.7 Å². The van der Waals surface area contributed by atoms with Crippen LogP contribution >= 0.6 is 0 Å². The molecule has 2 atom stereocenters. The van der Waals surface area contributed by atoms with Crippen molar-refractivity contribution in [2.24, 2.45) is 5.41 Å². The van der Waals surface area contributed by atoms with Crippen LogP contribution in [0.15, 0.2) is 0 Å². The Morgan fingerprint density at radius 3 is 1.89 bits per heavy atom. The Kier molecular flexibility index (Phi) is 5.80. The molecule has 2 unspecified atom stereocenters. The van der Waals surface area contributed by atoms with Crippen molar-refractivity contribution in [2.45, 2.75) is 65.2 Å². The number of likely N-dealkylation sites (tertiary alicyclic amines) is 1. The maximum atomic E-state index is 9.66. The SMILES string of the molecule is CCC(CC)(CNC(C)(C)C)CN1CC(O)C(O)C1. The van der Waals surface area contributed by atoms with Crippen molar-refractivity contribution in [1.29, 1.82) is 0 Å². The van der Waals surface area contributed by atoms with Gasteiger partial charge in [0.1, 0.15) is 0 Å². The van der Waals surface area contributed by atoms with Gasteiger partial charge in [-0.15, -0.1) is 0 Å². The molecule has 1 saturated heterocycles. The van der Waals surface area contributed by atoms with Crippen LogP contribution in [0.3, 0.4) is 0 Å². The zero-order chi connectivity index (χ0) is 14.7. The van der Waals surface area contributed by atoms with Crippen LogP contribution in [0.5, 0.6) is 0 Å². The molecule has 1 fully saturated rings. The first-order valence-electron chi connectivity index (χ1n) is 7.55. The number of nitrogens with one attached hydrogen (secondary N) is 1. The average molecular weight is 272 g/mol. The molecule has 0 saturated carbocycles. The predicted octanol–water partition coefficient (Wildman–Crippen LogP) is 1.22. The summed E-state index contributed by atoms with van der Waals surface area (Å²) in [6, 6.07) is 0. The summed E-state index contributed by atoms with van der Waals surface area (Å²) in [5.74, 6) is 0. The molecule has 3 N–H and O–H groups in total. The monoisotopic (exact) mass is 272 g/mol. The highest BCUT2D eigenvalue weighted by Crippen LogP contribution is 2.29. The van der Waals surface area contributed by atoms with Gasteiger partial charge in [0.15, 0.2) is 0 Å². The molecule has 0 amide bonds. The number of hydrogen-bond acceptors (Lipinski definition) is 4. The van der Waals surface area contributed by atoms with Crippen molar-refractivity contribution in [1.82, 2.24) is 10.2 Å². The number of hydrogen-bond donors (Lipinski definition) is 3. The molecule has 0 spiro atoms. The number of aliphatic hydroxyl groups excluding tert-OH is 2. The van der Waals surface area contributed by atoms with Crippen LogP contribution in [0.25, 0.3) is 0 Å². The summed E-state index contributed by atoms with van der Waals surface area (Å²) in [7, 11) is 0. The van der Waals surface area contributed by atoms with E-state index in [1.165, 1.54) is 0 Å². The fourth-order valence-corrected chi connectivity index (χ4v) is 2.68. The zero-order valence-electron chi connectivity index (χ0n) is 13.2. The molecule has 0 bridgehead atoms. The lowest BCUT2D eigenvalue weighted by molar-refractivity contribution is 0.0572. The fraction of sp³-hybridized carbons (Fsp3) is 1.00. The Bertz CT molecular complexity index is 262. The first-order valence-corrected chi connectivity index (χ1v) is 7.55. The third-order valence-corrected chi connectivity index (χ3v) is 4.39. The second-order valence-electron chi connectivity index (χ2n) is 7.14. The van der Waals surface area contributed by atoms with Gasteiger partial charge in [-0.1, -0.05) is 13.8 Å². The Morgan fingerprint density at radius 1 is 1.05 bits per heavy atom. The Labute approximate surface area is 118 Å². The Balaban J connectivity index is 2.61. The van der Waals surface area contributed by atoms with Gasteiger partial charge in [0.25, 0.3) is 0 Å². The molecule has 1 aliphatic heterocycles. The van der Waals surface area contributed by atoms with Gasteiger partial charge in [-0.05, 0) is 39.0 Å². The van der Waals surface area contributed by atoms with Gasteiger partial charge in [-0.3, -0.25) is 4.90 Å². The van der Waals surface area contributed by atoms with Crippen LogP contribution < -0.4 is 5.32 Å².